The van der Waals surface area contributed by atoms with Crippen LogP contribution in [-0.2, 0) is 42.6 Å². The number of thiazole rings is 1. The number of benzene rings is 2. The molecule has 2 N–H and O–H groups in total. The van der Waals surface area contributed by atoms with Crippen molar-refractivity contribution in [2.45, 2.75) is 70.6 Å². The number of amides is 1. The zero-order valence-electron chi connectivity index (χ0n) is 21.7. The first-order valence-corrected chi connectivity index (χ1v) is 14.1. The molecule has 38 heavy (non-hydrogen) atoms. The predicted molar refractivity (Wildman–Crippen MR) is 147 cm³/mol. The van der Waals surface area contributed by atoms with E-state index >= 15 is 0 Å². The Morgan fingerprint density at radius 1 is 1.11 bits per heavy atom. The molecule has 196 valence electrons. The van der Waals surface area contributed by atoms with E-state index in [-0.39, 0.29) is 6.61 Å². The molecule has 0 saturated heterocycles. The Bertz CT molecular complexity index is 1440. The zero-order chi connectivity index (χ0) is 26.3. The smallest absolute Gasteiger partial charge is 0.408 e. The minimum Gasteiger partial charge on any atom is -0.445 e. The summed E-state index contributed by atoms with van der Waals surface area (Å²) in [6, 6.07) is 13.4. The molecule has 2 aliphatic carbocycles. The van der Waals surface area contributed by atoms with Crippen molar-refractivity contribution in [1.82, 2.24) is 20.1 Å². The lowest BCUT2D eigenvalue weighted by molar-refractivity contribution is 0.0783. The van der Waals surface area contributed by atoms with E-state index in [0.717, 1.165) is 36.1 Å². The van der Waals surface area contributed by atoms with E-state index < -0.39 is 17.7 Å². The third-order valence-corrected chi connectivity index (χ3v) is 8.76. The van der Waals surface area contributed by atoms with Crippen LogP contribution in [0.4, 0.5) is 4.79 Å². The highest BCUT2D eigenvalue weighted by molar-refractivity contribution is 7.11. The normalized spacial score (nSPS) is 15.2. The van der Waals surface area contributed by atoms with Crippen molar-refractivity contribution in [3.05, 3.63) is 98.3 Å². The van der Waals surface area contributed by atoms with E-state index in [1.165, 1.54) is 52.1 Å². The largest absolute Gasteiger partial charge is 0.445 e. The molecule has 1 atom stereocenters. The maximum Gasteiger partial charge on any atom is 0.408 e. The van der Waals surface area contributed by atoms with Gasteiger partial charge in [-0.1, -0.05) is 36.4 Å². The number of nitrogens with one attached hydrogen (secondary N) is 1. The van der Waals surface area contributed by atoms with E-state index in [0.29, 0.717) is 10.7 Å². The van der Waals surface area contributed by atoms with Crippen molar-refractivity contribution in [2.24, 2.45) is 0 Å². The molecule has 8 heteroatoms. The lowest BCUT2D eigenvalue weighted by Gasteiger charge is -2.17. The van der Waals surface area contributed by atoms with Gasteiger partial charge in [-0.3, -0.25) is 0 Å². The van der Waals surface area contributed by atoms with Crippen molar-refractivity contribution in [2.75, 3.05) is 0 Å². The number of aryl methyl sites for hydroxylation is 2. The van der Waals surface area contributed by atoms with Crippen LogP contribution < -0.4 is 5.32 Å². The third kappa shape index (κ3) is 4.86. The van der Waals surface area contributed by atoms with Crippen LogP contribution in [0.3, 0.4) is 0 Å². The summed E-state index contributed by atoms with van der Waals surface area (Å²) >= 11 is 1.36. The number of rotatable bonds is 7. The Morgan fingerprint density at radius 2 is 1.82 bits per heavy atom. The Morgan fingerprint density at radius 3 is 2.47 bits per heavy atom. The average Bonchev–Trinajstić information content (AvgIpc) is 3.71. The van der Waals surface area contributed by atoms with Gasteiger partial charge in [0.05, 0.1) is 16.3 Å². The average molecular weight is 529 g/mol. The van der Waals surface area contributed by atoms with E-state index in [1.54, 1.807) is 20.0 Å². The maximum absolute atomic E-state index is 12.9. The van der Waals surface area contributed by atoms with E-state index in [4.69, 9.17) is 9.84 Å². The first-order valence-electron chi connectivity index (χ1n) is 13.2. The van der Waals surface area contributed by atoms with Crippen molar-refractivity contribution in [3.63, 3.8) is 0 Å². The molecule has 0 radical (unpaired) electrons. The number of hydrogen-bond donors (Lipinski definition) is 2. The molecule has 2 aromatic heterocycles. The van der Waals surface area contributed by atoms with Crippen LogP contribution in [-0.4, -0.2) is 26.0 Å². The zero-order valence-corrected chi connectivity index (χ0v) is 22.6. The summed E-state index contributed by atoms with van der Waals surface area (Å²) in [4.78, 5) is 18.1. The van der Waals surface area contributed by atoms with Crippen molar-refractivity contribution in [1.29, 1.82) is 0 Å². The molecular formula is C30H32N4O3S. The molecule has 0 fully saturated rings. The second-order valence-electron chi connectivity index (χ2n) is 10.7. The molecule has 6 rings (SSSR count). The minimum atomic E-state index is -1.08. The van der Waals surface area contributed by atoms with Crippen molar-refractivity contribution in [3.8, 4) is 5.69 Å². The van der Waals surface area contributed by atoms with Gasteiger partial charge in [-0.15, -0.1) is 11.3 Å². The lowest BCUT2D eigenvalue weighted by atomic mass is 9.99. The number of aliphatic hydroxyl groups is 1. The molecule has 0 spiro atoms. The highest BCUT2D eigenvalue weighted by atomic mass is 32.1. The topological polar surface area (TPSA) is 89.3 Å². The van der Waals surface area contributed by atoms with Crippen LogP contribution in [0, 0.1) is 0 Å². The first kappa shape index (κ1) is 24.8. The fourth-order valence-corrected chi connectivity index (χ4v) is 6.54. The summed E-state index contributed by atoms with van der Waals surface area (Å²) in [7, 11) is 0. The van der Waals surface area contributed by atoms with Gasteiger partial charge in [-0.05, 0) is 86.3 Å². The number of carbonyl (C=O) groups is 1. The molecule has 2 aliphatic rings. The van der Waals surface area contributed by atoms with E-state index in [2.05, 4.69) is 16.4 Å². The SMILES string of the molecule is CC(C)(O)c1ncc([C@H](NC(=O)OCc2ccccc2)c2ccn(-c3c4c(cc5c3CCC5)CCC4)n2)s1. The maximum atomic E-state index is 12.9. The summed E-state index contributed by atoms with van der Waals surface area (Å²) < 4.78 is 7.54. The monoisotopic (exact) mass is 528 g/mol. The Kier molecular flexibility index (Phi) is 6.53. The molecular weight excluding hydrogens is 496 g/mol. The summed E-state index contributed by atoms with van der Waals surface area (Å²) in [5.41, 5.74) is 7.50. The fraction of sp³-hybridized carbons (Fsp3) is 0.367. The van der Waals surface area contributed by atoms with Crippen LogP contribution in [0.25, 0.3) is 5.69 Å². The number of aromatic nitrogens is 3. The number of alkyl carbamates (subject to hydrolysis) is 1. The van der Waals surface area contributed by atoms with E-state index in [1.807, 2.05) is 47.3 Å². The first-order chi connectivity index (χ1) is 18.4. The van der Waals surface area contributed by atoms with E-state index in [9.17, 15) is 9.90 Å². The van der Waals surface area contributed by atoms with Crippen LogP contribution in [0.5, 0.6) is 0 Å². The Labute approximate surface area is 226 Å². The number of ether oxygens (including phenoxy) is 1. The summed E-state index contributed by atoms with van der Waals surface area (Å²) in [5, 5.41) is 19.1. The van der Waals surface area contributed by atoms with Crippen LogP contribution in [0.1, 0.15) is 76.1 Å². The fourth-order valence-electron chi connectivity index (χ4n) is 5.56. The lowest BCUT2D eigenvalue weighted by Crippen LogP contribution is -2.29. The number of fused-ring (bicyclic) bond motifs is 2. The summed E-state index contributed by atoms with van der Waals surface area (Å²) in [6.45, 7) is 3.59. The van der Waals surface area contributed by atoms with Crippen LogP contribution in [0.2, 0.25) is 0 Å². The molecule has 1 amide bonds. The van der Waals surface area contributed by atoms with Gasteiger partial charge in [0.25, 0.3) is 0 Å². The molecule has 0 aliphatic heterocycles. The Hall–Kier alpha value is -3.49. The number of hydrogen-bond acceptors (Lipinski definition) is 6. The standard InChI is InChI=1S/C30H32N4O3S/c1-30(2,36)28-31-17-25(38-28)26(32-29(35)37-18-19-8-4-3-5-9-19)24-14-15-34(33-24)27-22-12-6-10-20(22)16-21-11-7-13-23(21)27/h3-5,8-9,14-17,26,36H,6-7,10-13,18H2,1-2H3,(H,32,35)/t26-/m1/s1. The molecule has 0 bridgehead atoms. The quantitative estimate of drug-likeness (QED) is 0.328. The van der Waals surface area contributed by atoms with Gasteiger partial charge >= 0.3 is 6.09 Å². The predicted octanol–water partition coefficient (Wildman–Crippen LogP) is 5.55. The van der Waals surface area contributed by atoms with Gasteiger partial charge in [0.15, 0.2) is 0 Å². The number of carbonyl (C=O) groups excluding carboxylic acids is 1. The van der Waals surface area contributed by atoms with Gasteiger partial charge < -0.3 is 15.2 Å². The molecule has 0 saturated carbocycles. The van der Waals surface area contributed by atoms with Crippen LogP contribution >= 0.6 is 11.3 Å². The molecule has 2 heterocycles. The van der Waals surface area contributed by atoms with Gasteiger partial charge in [-0.2, -0.15) is 5.10 Å². The van der Waals surface area contributed by atoms with Gasteiger partial charge in [-0.25, -0.2) is 14.5 Å². The minimum absolute atomic E-state index is 0.174. The second kappa shape index (κ2) is 10.0. The van der Waals surface area contributed by atoms with Gasteiger partial charge in [0, 0.05) is 12.4 Å². The Balaban J connectivity index is 1.33. The molecule has 2 aromatic carbocycles. The van der Waals surface area contributed by atoms with Crippen molar-refractivity contribution >= 4 is 17.4 Å². The summed E-state index contributed by atoms with van der Waals surface area (Å²) in [6.07, 6.45) is 9.93. The molecule has 4 aromatic rings. The molecule has 7 nitrogen and oxygen atoms in total. The van der Waals surface area contributed by atoms with Crippen LogP contribution in [0.15, 0.2) is 54.9 Å². The van der Waals surface area contributed by atoms with Crippen molar-refractivity contribution < 1.29 is 14.6 Å². The molecule has 0 unspecified atom stereocenters. The van der Waals surface area contributed by atoms with Gasteiger partial charge in [0.1, 0.15) is 23.3 Å². The summed E-state index contributed by atoms with van der Waals surface area (Å²) in [5.74, 6) is 0. The second-order valence-corrected chi connectivity index (χ2v) is 11.7. The van der Waals surface area contributed by atoms with Gasteiger partial charge in [0.2, 0.25) is 0 Å². The highest BCUT2D eigenvalue weighted by Gasteiger charge is 2.29. The number of nitrogens with zero attached hydrogens (tertiary/aromatic N) is 3. The third-order valence-electron chi connectivity index (χ3n) is 7.38. The highest BCUT2D eigenvalue weighted by Crippen LogP contribution is 2.38.